The van der Waals surface area contributed by atoms with Gasteiger partial charge in [-0.15, -0.1) is 12.6 Å². The van der Waals surface area contributed by atoms with Crippen molar-refractivity contribution in [1.82, 2.24) is 0 Å². The quantitative estimate of drug-likeness (QED) is 0.620. The molecule has 4 saturated carbocycles. The van der Waals surface area contributed by atoms with E-state index in [9.17, 15) is 0 Å². The Balaban J connectivity index is 0.000000165. The van der Waals surface area contributed by atoms with E-state index >= 15 is 0 Å². The maximum absolute atomic E-state index is 8.44. The lowest BCUT2D eigenvalue weighted by Crippen LogP contribution is -2.38. The molecule has 3 nitrogen and oxygen atoms in total. The van der Waals surface area contributed by atoms with Crippen LogP contribution >= 0.6 is 0 Å². The summed E-state index contributed by atoms with van der Waals surface area (Å²) >= 11 is 0. The van der Waals surface area contributed by atoms with Gasteiger partial charge in [-0.3, -0.25) is 0 Å². The Bertz CT molecular complexity index is 242. The van der Waals surface area contributed by atoms with Crippen molar-refractivity contribution in [2.75, 3.05) is 0 Å². The van der Waals surface area contributed by atoms with E-state index in [1.807, 2.05) is 0 Å². The third kappa shape index (κ3) is 2.35. The lowest BCUT2D eigenvalue weighted by Gasteiger charge is -2.49. The van der Waals surface area contributed by atoms with Crippen molar-refractivity contribution in [3.63, 3.8) is 0 Å². The Morgan fingerprint density at radius 1 is 0.571 bits per heavy atom. The zero-order valence-electron chi connectivity index (χ0n) is 8.19. The molecule has 80 valence electrons. The van der Waals surface area contributed by atoms with Gasteiger partial charge in [0.25, 0.3) is 0 Å². The van der Waals surface area contributed by atoms with Crippen LogP contribution in [0.15, 0.2) is 0 Å². The summed E-state index contributed by atoms with van der Waals surface area (Å²) in [7, 11) is -3.11. The van der Waals surface area contributed by atoms with Crippen molar-refractivity contribution in [2.24, 2.45) is 23.7 Å². The predicted molar refractivity (Wildman–Crippen MR) is 51.4 cm³/mol. The highest BCUT2D eigenvalue weighted by Gasteiger charge is 2.41. The molecule has 0 radical (unpaired) electrons. The van der Waals surface area contributed by atoms with Crippen LogP contribution < -0.4 is 0 Å². The molecule has 4 fully saturated rings. The first-order valence-electron chi connectivity index (χ1n) is 5.40. The molecular weight excluding hydrogens is 200 g/mol. The Labute approximate surface area is 86.0 Å². The minimum atomic E-state index is -3.11. The van der Waals surface area contributed by atoms with E-state index in [1.165, 1.54) is 23.7 Å². The molecule has 0 N–H and O–H groups in total. The molecule has 0 saturated heterocycles. The van der Waals surface area contributed by atoms with E-state index in [0.717, 1.165) is 0 Å². The van der Waals surface area contributed by atoms with Crippen LogP contribution in [0.25, 0.3) is 0 Å². The Kier molecular flexibility index (Phi) is 2.91. The highest BCUT2D eigenvalue weighted by atomic mass is 32.2. The topological polar surface area (TPSA) is 51.2 Å². The summed E-state index contributed by atoms with van der Waals surface area (Å²) in [6, 6.07) is 0. The molecule has 0 amide bonds. The van der Waals surface area contributed by atoms with Crippen molar-refractivity contribution in [2.45, 2.75) is 38.5 Å². The van der Waals surface area contributed by atoms with Crippen molar-refractivity contribution >= 4 is 10.6 Å². The summed E-state index contributed by atoms with van der Waals surface area (Å²) in [6.07, 6.45) is 9.62. The molecule has 0 aromatic carbocycles. The molecular formula is C10H16O3S. The maximum Gasteiger partial charge on any atom is 0.425 e. The van der Waals surface area contributed by atoms with Gasteiger partial charge < -0.3 is 0 Å². The third-order valence-corrected chi connectivity index (χ3v) is 4.00. The third-order valence-electron chi connectivity index (χ3n) is 4.00. The number of hydrogen-bond acceptors (Lipinski definition) is 3. The van der Waals surface area contributed by atoms with Gasteiger partial charge in [0, 0.05) is 0 Å². The summed E-state index contributed by atoms with van der Waals surface area (Å²) in [5, 5.41) is 0. The number of rotatable bonds is 0. The molecule has 4 bridgehead atoms. The molecule has 0 spiro atoms. The van der Waals surface area contributed by atoms with Gasteiger partial charge in [-0.05, 0) is 62.2 Å². The fourth-order valence-electron chi connectivity index (χ4n) is 3.98. The standard InChI is InChI=1S/C10H16.O3S/c1-7-2-9-4-8(1)5-10(3-7)6-9;1-4(2)3/h7-10H,1-6H2;. The average molecular weight is 216 g/mol. The zero-order valence-corrected chi connectivity index (χ0v) is 9.00. The lowest BCUT2D eigenvalue weighted by molar-refractivity contribution is 0.0198. The molecule has 4 heteroatoms. The molecule has 4 aliphatic carbocycles. The van der Waals surface area contributed by atoms with Gasteiger partial charge in [0.15, 0.2) is 0 Å². The predicted octanol–water partition coefficient (Wildman–Crippen LogP) is 1.83. The fraction of sp³-hybridized carbons (Fsp3) is 1.00. The second-order valence-electron chi connectivity index (χ2n) is 5.08. The Morgan fingerprint density at radius 3 is 0.857 bits per heavy atom. The van der Waals surface area contributed by atoms with Gasteiger partial charge in [-0.25, -0.2) is 0 Å². The first-order valence-corrected chi connectivity index (χ1v) is 6.40. The Hall–Kier alpha value is -0.380. The zero-order chi connectivity index (χ0) is 10.1. The van der Waals surface area contributed by atoms with Crippen LogP contribution in [-0.2, 0) is 10.6 Å². The van der Waals surface area contributed by atoms with Crippen molar-refractivity contribution in [1.29, 1.82) is 0 Å². The minimum absolute atomic E-state index is 1.18. The highest BCUT2D eigenvalue weighted by molar-refractivity contribution is 7.59. The molecule has 0 aromatic rings. The van der Waals surface area contributed by atoms with Crippen molar-refractivity contribution in [3.05, 3.63) is 0 Å². The molecule has 0 aliphatic heterocycles. The van der Waals surface area contributed by atoms with Crippen molar-refractivity contribution in [3.8, 4) is 0 Å². The minimum Gasteiger partial charge on any atom is -0.142 e. The molecule has 0 heterocycles. The highest BCUT2D eigenvalue weighted by Crippen LogP contribution is 2.53. The van der Waals surface area contributed by atoms with Crippen LogP contribution in [0.3, 0.4) is 0 Å². The van der Waals surface area contributed by atoms with Gasteiger partial charge in [0.2, 0.25) is 0 Å². The molecule has 4 aliphatic rings. The van der Waals surface area contributed by atoms with E-state index < -0.39 is 10.6 Å². The first kappa shape index (κ1) is 10.1. The van der Waals surface area contributed by atoms with E-state index in [2.05, 4.69) is 0 Å². The van der Waals surface area contributed by atoms with Gasteiger partial charge in [-0.2, -0.15) is 0 Å². The van der Waals surface area contributed by atoms with Crippen LogP contribution in [-0.4, -0.2) is 12.6 Å². The van der Waals surface area contributed by atoms with Gasteiger partial charge in [-0.1, -0.05) is 0 Å². The van der Waals surface area contributed by atoms with Crippen LogP contribution in [0.1, 0.15) is 38.5 Å². The van der Waals surface area contributed by atoms with E-state index in [4.69, 9.17) is 12.6 Å². The largest absolute Gasteiger partial charge is 0.425 e. The van der Waals surface area contributed by atoms with Crippen LogP contribution in [0.2, 0.25) is 0 Å². The summed E-state index contributed by atoms with van der Waals surface area (Å²) in [4.78, 5) is 0. The monoisotopic (exact) mass is 216 g/mol. The molecule has 0 atom stereocenters. The second-order valence-corrected chi connectivity index (χ2v) is 5.49. The molecule has 4 rings (SSSR count). The summed E-state index contributed by atoms with van der Waals surface area (Å²) < 4.78 is 25.3. The molecule has 0 unspecified atom stereocenters. The second kappa shape index (κ2) is 4.01. The van der Waals surface area contributed by atoms with E-state index in [-0.39, 0.29) is 0 Å². The summed E-state index contributed by atoms with van der Waals surface area (Å²) in [6.45, 7) is 0. The summed E-state index contributed by atoms with van der Waals surface area (Å²) in [5.41, 5.74) is 0. The fourth-order valence-corrected chi connectivity index (χ4v) is 3.98. The van der Waals surface area contributed by atoms with Crippen molar-refractivity contribution < 1.29 is 12.6 Å². The lowest BCUT2D eigenvalue weighted by atomic mass is 9.56. The first-order chi connectivity index (χ1) is 6.63. The van der Waals surface area contributed by atoms with Gasteiger partial charge >= 0.3 is 10.6 Å². The van der Waals surface area contributed by atoms with E-state index in [0.29, 0.717) is 0 Å². The smallest absolute Gasteiger partial charge is 0.142 e. The number of hydrogen-bond donors (Lipinski definition) is 0. The molecule has 14 heavy (non-hydrogen) atoms. The Morgan fingerprint density at radius 2 is 0.714 bits per heavy atom. The van der Waals surface area contributed by atoms with Crippen LogP contribution in [0.5, 0.6) is 0 Å². The SMILES string of the molecule is C1C2CC3CC1CC(C2)C3.O=S(=O)=O. The average Bonchev–Trinajstić information content (AvgIpc) is 1.98. The van der Waals surface area contributed by atoms with Gasteiger partial charge in [0.1, 0.15) is 0 Å². The van der Waals surface area contributed by atoms with Crippen LogP contribution in [0, 0.1) is 23.7 Å². The maximum atomic E-state index is 8.44. The van der Waals surface area contributed by atoms with E-state index in [1.54, 1.807) is 38.5 Å². The van der Waals surface area contributed by atoms with Gasteiger partial charge in [0.05, 0.1) is 0 Å². The van der Waals surface area contributed by atoms with Crippen LogP contribution in [0.4, 0.5) is 0 Å². The summed E-state index contributed by atoms with van der Waals surface area (Å²) in [5.74, 6) is 4.71. The molecule has 0 aromatic heterocycles. The normalized spacial score (nSPS) is 42.9.